The van der Waals surface area contributed by atoms with Gasteiger partial charge in [0.05, 0.1) is 12.5 Å². The Kier molecular flexibility index (Phi) is 6.35. The number of aliphatic carboxylic acids is 1. The van der Waals surface area contributed by atoms with Crippen LogP contribution in [0.1, 0.15) is 26.7 Å². The Bertz CT molecular complexity index is 355. The molecule has 0 radical (unpaired) electrons. The molecule has 1 atom stereocenters. The van der Waals surface area contributed by atoms with Crippen molar-refractivity contribution >= 4 is 12.0 Å². The zero-order valence-electron chi connectivity index (χ0n) is 11.5. The summed E-state index contributed by atoms with van der Waals surface area (Å²) in [7, 11) is 0. The highest BCUT2D eigenvalue weighted by Crippen LogP contribution is 2.09. The molecule has 0 aromatic heterocycles. The first-order valence-electron chi connectivity index (χ1n) is 6.54. The fourth-order valence-corrected chi connectivity index (χ4v) is 1.89. The van der Waals surface area contributed by atoms with Crippen molar-refractivity contribution in [2.24, 2.45) is 0 Å². The third-order valence-corrected chi connectivity index (χ3v) is 3.01. The molecule has 0 saturated heterocycles. The number of urea groups is 1. The van der Waals surface area contributed by atoms with Crippen molar-refractivity contribution in [2.75, 3.05) is 26.2 Å². The zero-order chi connectivity index (χ0) is 14.3. The van der Waals surface area contributed by atoms with Gasteiger partial charge in [0.15, 0.2) is 0 Å². The fraction of sp³-hybridized carbons (Fsp3) is 0.692. The SMILES string of the molecule is CCOC(CNC(=O)N1CC=C(C)CC1)CC(=O)O. The molecule has 0 fully saturated rings. The average Bonchev–Trinajstić information content (AvgIpc) is 2.36. The molecule has 0 aromatic rings. The number of hydrogen-bond acceptors (Lipinski definition) is 3. The summed E-state index contributed by atoms with van der Waals surface area (Å²) in [6.45, 7) is 5.81. The van der Waals surface area contributed by atoms with Gasteiger partial charge in [0.25, 0.3) is 0 Å². The summed E-state index contributed by atoms with van der Waals surface area (Å²) in [5, 5.41) is 11.5. The Morgan fingerprint density at radius 1 is 1.58 bits per heavy atom. The van der Waals surface area contributed by atoms with E-state index >= 15 is 0 Å². The number of carbonyl (C=O) groups is 2. The fourth-order valence-electron chi connectivity index (χ4n) is 1.89. The van der Waals surface area contributed by atoms with E-state index in [9.17, 15) is 9.59 Å². The van der Waals surface area contributed by atoms with Gasteiger partial charge in [-0.15, -0.1) is 0 Å². The van der Waals surface area contributed by atoms with Crippen LogP contribution < -0.4 is 5.32 Å². The first-order chi connectivity index (χ1) is 9.02. The summed E-state index contributed by atoms with van der Waals surface area (Å²) in [6, 6.07) is -0.168. The molecule has 1 unspecified atom stereocenters. The second-order valence-electron chi connectivity index (χ2n) is 4.61. The molecular weight excluding hydrogens is 248 g/mol. The highest BCUT2D eigenvalue weighted by molar-refractivity contribution is 5.74. The maximum atomic E-state index is 11.9. The van der Waals surface area contributed by atoms with Gasteiger partial charge in [-0.3, -0.25) is 4.79 Å². The molecule has 0 bridgehead atoms. The van der Waals surface area contributed by atoms with E-state index in [1.165, 1.54) is 5.57 Å². The molecule has 6 nitrogen and oxygen atoms in total. The molecule has 19 heavy (non-hydrogen) atoms. The largest absolute Gasteiger partial charge is 0.481 e. The lowest BCUT2D eigenvalue weighted by molar-refractivity contribution is -0.140. The monoisotopic (exact) mass is 270 g/mol. The predicted octanol–water partition coefficient (Wildman–Crippen LogP) is 1.23. The van der Waals surface area contributed by atoms with Gasteiger partial charge in [0, 0.05) is 26.2 Å². The summed E-state index contributed by atoms with van der Waals surface area (Å²) in [5.74, 6) is -0.927. The lowest BCUT2D eigenvalue weighted by atomic mass is 10.1. The second kappa shape index (κ2) is 7.78. The minimum Gasteiger partial charge on any atom is -0.481 e. The lowest BCUT2D eigenvalue weighted by Crippen LogP contribution is -2.45. The number of amides is 2. The average molecular weight is 270 g/mol. The Labute approximate surface area is 113 Å². The smallest absolute Gasteiger partial charge is 0.317 e. The molecule has 2 N–H and O–H groups in total. The van der Waals surface area contributed by atoms with Gasteiger partial charge in [-0.25, -0.2) is 4.79 Å². The quantitative estimate of drug-likeness (QED) is 0.711. The van der Waals surface area contributed by atoms with E-state index in [-0.39, 0.29) is 19.0 Å². The Hall–Kier alpha value is -1.56. The first kappa shape index (κ1) is 15.5. The topological polar surface area (TPSA) is 78.9 Å². The van der Waals surface area contributed by atoms with E-state index in [1.54, 1.807) is 11.8 Å². The van der Waals surface area contributed by atoms with Crippen LogP contribution in [0.3, 0.4) is 0 Å². The maximum absolute atomic E-state index is 11.9. The van der Waals surface area contributed by atoms with Crippen LogP contribution in [0.2, 0.25) is 0 Å². The third-order valence-electron chi connectivity index (χ3n) is 3.01. The van der Waals surface area contributed by atoms with E-state index in [0.29, 0.717) is 19.7 Å². The van der Waals surface area contributed by atoms with E-state index in [2.05, 4.69) is 5.32 Å². The molecule has 1 aliphatic rings. The molecule has 0 saturated carbocycles. The Morgan fingerprint density at radius 2 is 2.32 bits per heavy atom. The molecule has 1 heterocycles. The molecular formula is C13H22N2O4. The van der Waals surface area contributed by atoms with Crippen LogP contribution in [0.4, 0.5) is 4.79 Å². The molecule has 0 aromatic carbocycles. The van der Waals surface area contributed by atoms with Gasteiger partial charge in [-0.1, -0.05) is 11.6 Å². The number of ether oxygens (including phenoxy) is 1. The van der Waals surface area contributed by atoms with Crippen LogP contribution in [0.15, 0.2) is 11.6 Å². The predicted molar refractivity (Wildman–Crippen MR) is 71.0 cm³/mol. The van der Waals surface area contributed by atoms with Crippen molar-refractivity contribution in [3.05, 3.63) is 11.6 Å². The highest BCUT2D eigenvalue weighted by atomic mass is 16.5. The van der Waals surface area contributed by atoms with Crippen molar-refractivity contribution in [3.63, 3.8) is 0 Å². The number of carboxylic acids is 1. The van der Waals surface area contributed by atoms with Gasteiger partial charge in [-0.05, 0) is 20.3 Å². The summed E-state index contributed by atoms with van der Waals surface area (Å²) in [6.07, 6.45) is 2.33. The van der Waals surface area contributed by atoms with Gasteiger partial charge in [0.1, 0.15) is 0 Å². The minimum absolute atomic E-state index is 0.104. The summed E-state index contributed by atoms with van der Waals surface area (Å²) in [5.41, 5.74) is 1.29. The van der Waals surface area contributed by atoms with Crippen LogP contribution in [-0.2, 0) is 9.53 Å². The highest BCUT2D eigenvalue weighted by Gasteiger charge is 2.18. The zero-order valence-corrected chi connectivity index (χ0v) is 11.5. The molecule has 0 spiro atoms. The number of carbonyl (C=O) groups excluding carboxylic acids is 1. The molecule has 2 amide bonds. The molecule has 108 valence electrons. The number of hydrogen-bond donors (Lipinski definition) is 2. The van der Waals surface area contributed by atoms with Gasteiger partial charge in [0.2, 0.25) is 0 Å². The number of nitrogens with one attached hydrogen (secondary N) is 1. The second-order valence-corrected chi connectivity index (χ2v) is 4.61. The van der Waals surface area contributed by atoms with Crippen LogP contribution in [0.5, 0.6) is 0 Å². The normalized spacial score (nSPS) is 16.7. The Morgan fingerprint density at radius 3 is 2.84 bits per heavy atom. The summed E-state index contributed by atoms with van der Waals surface area (Å²) in [4.78, 5) is 24.2. The first-order valence-corrected chi connectivity index (χ1v) is 6.54. The minimum atomic E-state index is -0.927. The van der Waals surface area contributed by atoms with E-state index in [1.807, 2.05) is 13.0 Å². The van der Waals surface area contributed by atoms with Gasteiger partial charge >= 0.3 is 12.0 Å². The van der Waals surface area contributed by atoms with Crippen LogP contribution in [0.25, 0.3) is 0 Å². The van der Waals surface area contributed by atoms with Crippen LogP contribution in [0, 0.1) is 0 Å². The van der Waals surface area contributed by atoms with E-state index in [0.717, 1.165) is 6.42 Å². The van der Waals surface area contributed by atoms with Crippen molar-refractivity contribution in [1.29, 1.82) is 0 Å². The van der Waals surface area contributed by atoms with E-state index in [4.69, 9.17) is 9.84 Å². The lowest BCUT2D eigenvalue weighted by Gasteiger charge is -2.26. The third kappa shape index (κ3) is 5.74. The molecule has 0 aliphatic carbocycles. The van der Waals surface area contributed by atoms with Crippen molar-refractivity contribution in [2.45, 2.75) is 32.8 Å². The van der Waals surface area contributed by atoms with Crippen LogP contribution >= 0.6 is 0 Å². The van der Waals surface area contributed by atoms with Crippen molar-refractivity contribution < 1.29 is 19.4 Å². The Balaban J connectivity index is 2.36. The number of rotatable bonds is 6. The number of carboxylic acid groups (broad SMARTS) is 1. The van der Waals surface area contributed by atoms with Crippen molar-refractivity contribution in [3.8, 4) is 0 Å². The van der Waals surface area contributed by atoms with Crippen molar-refractivity contribution in [1.82, 2.24) is 10.2 Å². The summed E-state index contributed by atoms with van der Waals surface area (Å²) >= 11 is 0. The maximum Gasteiger partial charge on any atom is 0.317 e. The molecule has 1 aliphatic heterocycles. The van der Waals surface area contributed by atoms with Gasteiger partial charge < -0.3 is 20.1 Å². The molecule has 1 rings (SSSR count). The van der Waals surface area contributed by atoms with Gasteiger partial charge in [-0.2, -0.15) is 0 Å². The van der Waals surface area contributed by atoms with Crippen LogP contribution in [-0.4, -0.2) is 54.4 Å². The molecule has 6 heteroatoms. The standard InChI is InChI=1S/C13H22N2O4/c1-3-19-11(8-12(16)17)9-14-13(18)15-6-4-10(2)5-7-15/h4,11H,3,5-9H2,1-2H3,(H,14,18)(H,16,17). The summed E-state index contributed by atoms with van der Waals surface area (Å²) < 4.78 is 5.28. The number of nitrogens with zero attached hydrogens (tertiary/aromatic N) is 1. The van der Waals surface area contributed by atoms with E-state index < -0.39 is 12.1 Å².